The lowest BCUT2D eigenvalue weighted by molar-refractivity contribution is 0.654. The van der Waals surface area contributed by atoms with Crippen LogP contribution in [0.1, 0.15) is 19.0 Å². The normalized spacial score (nSPS) is 10.6. The molecule has 0 radical (unpaired) electrons. The van der Waals surface area contributed by atoms with Crippen molar-refractivity contribution in [3.05, 3.63) is 40.6 Å². The van der Waals surface area contributed by atoms with Crippen molar-refractivity contribution in [3.63, 3.8) is 0 Å². The Bertz CT molecular complexity index is 572. The minimum Gasteiger partial charge on any atom is -0.378 e. The van der Waals surface area contributed by atoms with Gasteiger partial charge >= 0.3 is 0 Å². The molecule has 0 atom stereocenters. The van der Waals surface area contributed by atoms with Gasteiger partial charge in [0.2, 0.25) is 0 Å². The van der Waals surface area contributed by atoms with Crippen LogP contribution in [0.2, 0.25) is 0 Å². The summed E-state index contributed by atoms with van der Waals surface area (Å²) < 4.78 is 3.43. The monoisotopic (exact) mass is 247 g/mol. The molecule has 6 heteroatoms. The van der Waals surface area contributed by atoms with Crippen LogP contribution >= 0.6 is 0 Å². The lowest BCUT2D eigenvalue weighted by atomic mass is 10.3. The first-order valence-corrected chi connectivity index (χ1v) is 5.98. The van der Waals surface area contributed by atoms with Crippen LogP contribution in [-0.2, 0) is 20.1 Å². The van der Waals surface area contributed by atoms with E-state index in [0.29, 0.717) is 6.54 Å². The average molecular weight is 247 g/mol. The minimum absolute atomic E-state index is 0.0320. The van der Waals surface area contributed by atoms with Crippen molar-refractivity contribution in [2.75, 3.05) is 5.32 Å². The second-order valence-corrected chi connectivity index (χ2v) is 4.15. The van der Waals surface area contributed by atoms with Gasteiger partial charge in [-0.15, -0.1) is 5.10 Å². The fraction of sp³-hybridized carbons (Fsp3) is 0.417. The predicted molar refractivity (Wildman–Crippen MR) is 69.3 cm³/mol. The lowest BCUT2D eigenvalue weighted by Gasteiger charge is -2.09. The topological polar surface area (TPSA) is 64.7 Å². The van der Waals surface area contributed by atoms with Gasteiger partial charge in [0.15, 0.2) is 0 Å². The summed E-state index contributed by atoms with van der Waals surface area (Å²) in [7, 11) is 1.85. The molecule has 6 nitrogen and oxygen atoms in total. The Hall–Kier alpha value is -2.11. The summed E-state index contributed by atoms with van der Waals surface area (Å²) in [6.45, 7) is 3.42. The van der Waals surface area contributed by atoms with Gasteiger partial charge in [-0.3, -0.25) is 9.48 Å². The smallest absolute Gasteiger partial charge is 0.250 e. The van der Waals surface area contributed by atoms with E-state index in [9.17, 15) is 4.79 Å². The molecule has 2 aromatic heterocycles. The Morgan fingerprint density at radius 3 is 2.89 bits per heavy atom. The third-order valence-corrected chi connectivity index (χ3v) is 2.73. The Balaban J connectivity index is 2.08. The van der Waals surface area contributed by atoms with E-state index in [1.54, 1.807) is 27.6 Å². The molecule has 1 N–H and O–H groups in total. The van der Waals surface area contributed by atoms with Crippen LogP contribution in [0.4, 0.5) is 5.69 Å². The number of rotatable bonds is 5. The summed E-state index contributed by atoms with van der Waals surface area (Å²) in [5.41, 5.74) is 1.94. The highest BCUT2D eigenvalue weighted by Crippen LogP contribution is 2.06. The second-order valence-electron chi connectivity index (χ2n) is 4.15. The predicted octanol–water partition coefficient (Wildman–Crippen LogP) is 0.999. The van der Waals surface area contributed by atoms with Gasteiger partial charge in [-0.25, -0.2) is 0 Å². The molecule has 2 aromatic rings. The number of anilines is 1. The SMILES string of the molecule is CCCn1cc(NCc2cnnn2C)ccc1=O. The maximum atomic E-state index is 11.6. The van der Waals surface area contributed by atoms with Crippen molar-refractivity contribution < 1.29 is 0 Å². The van der Waals surface area contributed by atoms with Crippen molar-refractivity contribution in [1.29, 1.82) is 0 Å². The first kappa shape index (κ1) is 12.3. The Morgan fingerprint density at radius 2 is 2.22 bits per heavy atom. The van der Waals surface area contributed by atoms with E-state index in [-0.39, 0.29) is 5.56 Å². The van der Waals surface area contributed by atoms with Crippen LogP contribution in [0, 0.1) is 0 Å². The fourth-order valence-electron chi connectivity index (χ4n) is 1.72. The van der Waals surface area contributed by atoms with Gasteiger partial charge in [0, 0.05) is 25.9 Å². The van der Waals surface area contributed by atoms with Crippen LogP contribution in [0.3, 0.4) is 0 Å². The number of pyridine rings is 1. The third kappa shape index (κ3) is 2.77. The standard InChI is InChI=1S/C12H17N5O/c1-3-6-17-9-10(4-5-12(17)18)13-7-11-8-14-15-16(11)2/h4-5,8-9,13H,3,6-7H2,1-2H3. The van der Waals surface area contributed by atoms with Gasteiger partial charge in [-0.1, -0.05) is 12.1 Å². The number of nitrogens with zero attached hydrogens (tertiary/aromatic N) is 4. The van der Waals surface area contributed by atoms with Crippen molar-refractivity contribution in [2.24, 2.45) is 7.05 Å². The van der Waals surface area contributed by atoms with E-state index in [0.717, 1.165) is 24.3 Å². The molecule has 0 aromatic carbocycles. The van der Waals surface area contributed by atoms with E-state index < -0.39 is 0 Å². The molecule has 18 heavy (non-hydrogen) atoms. The number of aryl methyl sites for hydroxylation is 2. The summed E-state index contributed by atoms with van der Waals surface area (Å²) in [5, 5.41) is 10.9. The second kappa shape index (κ2) is 5.48. The summed E-state index contributed by atoms with van der Waals surface area (Å²) in [4.78, 5) is 11.6. The summed E-state index contributed by atoms with van der Waals surface area (Å²) >= 11 is 0. The zero-order chi connectivity index (χ0) is 13.0. The van der Waals surface area contributed by atoms with Crippen molar-refractivity contribution in [3.8, 4) is 0 Å². The third-order valence-electron chi connectivity index (χ3n) is 2.73. The van der Waals surface area contributed by atoms with Crippen molar-refractivity contribution >= 4 is 5.69 Å². The quantitative estimate of drug-likeness (QED) is 0.856. The van der Waals surface area contributed by atoms with Gasteiger partial charge in [0.1, 0.15) is 0 Å². The zero-order valence-electron chi connectivity index (χ0n) is 10.6. The van der Waals surface area contributed by atoms with Gasteiger partial charge in [-0.05, 0) is 12.5 Å². The maximum Gasteiger partial charge on any atom is 0.250 e. The highest BCUT2D eigenvalue weighted by Gasteiger charge is 2.01. The van der Waals surface area contributed by atoms with Crippen LogP contribution in [-0.4, -0.2) is 19.6 Å². The Labute approximate surface area is 105 Å². The van der Waals surface area contributed by atoms with E-state index in [1.165, 1.54) is 0 Å². The minimum atomic E-state index is 0.0320. The van der Waals surface area contributed by atoms with E-state index in [1.807, 2.05) is 20.2 Å². The molecule has 0 bridgehead atoms. The lowest BCUT2D eigenvalue weighted by Crippen LogP contribution is -2.19. The van der Waals surface area contributed by atoms with Crippen LogP contribution in [0.25, 0.3) is 0 Å². The van der Waals surface area contributed by atoms with Crippen LogP contribution in [0.5, 0.6) is 0 Å². The molecule has 0 saturated carbocycles. The number of hydrogen-bond acceptors (Lipinski definition) is 4. The number of aromatic nitrogens is 4. The summed E-state index contributed by atoms with van der Waals surface area (Å²) in [6, 6.07) is 3.37. The first-order chi connectivity index (χ1) is 8.70. The molecule has 0 spiro atoms. The summed E-state index contributed by atoms with van der Waals surface area (Å²) in [5.74, 6) is 0. The Kier molecular flexibility index (Phi) is 3.76. The molecule has 0 amide bonds. The van der Waals surface area contributed by atoms with Gasteiger partial charge in [-0.2, -0.15) is 0 Å². The zero-order valence-corrected chi connectivity index (χ0v) is 10.6. The van der Waals surface area contributed by atoms with Crippen LogP contribution in [0.15, 0.2) is 29.3 Å². The van der Waals surface area contributed by atoms with Crippen molar-refractivity contribution in [2.45, 2.75) is 26.4 Å². The molecule has 0 aliphatic heterocycles. The molecule has 0 saturated heterocycles. The highest BCUT2D eigenvalue weighted by atomic mass is 16.1. The molecule has 96 valence electrons. The highest BCUT2D eigenvalue weighted by molar-refractivity contribution is 5.40. The van der Waals surface area contributed by atoms with E-state index in [2.05, 4.69) is 15.6 Å². The number of nitrogens with one attached hydrogen (secondary N) is 1. The summed E-state index contributed by atoms with van der Waals surface area (Å²) in [6.07, 6.45) is 4.50. The largest absolute Gasteiger partial charge is 0.378 e. The van der Waals surface area contributed by atoms with Crippen molar-refractivity contribution in [1.82, 2.24) is 19.6 Å². The average Bonchev–Trinajstić information content (AvgIpc) is 2.76. The molecule has 2 heterocycles. The van der Waals surface area contributed by atoms with Gasteiger partial charge in [0.25, 0.3) is 5.56 Å². The molecule has 2 rings (SSSR count). The number of hydrogen-bond donors (Lipinski definition) is 1. The molecule has 0 aliphatic carbocycles. The van der Waals surface area contributed by atoms with Crippen LogP contribution < -0.4 is 10.9 Å². The molecular formula is C12H17N5O. The maximum absolute atomic E-state index is 11.6. The fourth-order valence-corrected chi connectivity index (χ4v) is 1.72. The van der Waals surface area contributed by atoms with E-state index >= 15 is 0 Å². The molecule has 0 fully saturated rings. The van der Waals surface area contributed by atoms with E-state index in [4.69, 9.17) is 0 Å². The van der Waals surface area contributed by atoms with Gasteiger partial charge in [0.05, 0.1) is 24.1 Å². The molecular weight excluding hydrogens is 230 g/mol. The molecule has 0 unspecified atom stereocenters. The molecule has 0 aliphatic rings. The first-order valence-electron chi connectivity index (χ1n) is 5.98. The Morgan fingerprint density at radius 1 is 1.39 bits per heavy atom. The van der Waals surface area contributed by atoms with Gasteiger partial charge < -0.3 is 9.88 Å².